The first-order valence-corrected chi connectivity index (χ1v) is 7.28. The number of thioether (sulfide) groups is 1. The van der Waals surface area contributed by atoms with E-state index < -0.39 is 0 Å². The Morgan fingerprint density at radius 2 is 2.25 bits per heavy atom. The average molecular weight is 291 g/mol. The first-order chi connectivity index (χ1) is 9.58. The molecule has 1 N–H and O–H groups in total. The summed E-state index contributed by atoms with van der Waals surface area (Å²) in [5.41, 5.74) is 0.904. The minimum absolute atomic E-state index is 0.00377. The zero-order valence-electron chi connectivity index (χ0n) is 11.7. The maximum absolute atomic E-state index is 11.6. The lowest BCUT2D eigenvalue weighted by Crippen LogP contribution is -2.31. The van der Waals surface area contributed by atoms with E-state index in [4.69, 9.17) is 0 Å². The maximum atomic E-state index is 11.6. The fraction of sp³-hybridized carbons (Fsp3) is 0.385. The molecule has 0 fully saturated rings. The molecule has 0 spiro atoms. The van der Waals surface area contributed by atoms with Crippen molar-refractivity contribution in [3.8, 4) is 11.4 Å². The summed E-state index contributed by atoms with van der Waals surface area (Å²) in [6.07, 6.45) is 3.45. The van der Waals surface area contributed by atoms with Crippen LogP contribution in [0.15, 0.2) is 29.7 Å². The number of hydrogen-bond donors (Lipinski definition) is 1. The summed E-state index contributed by atoms with van der Waals surface area (Å²) in [7, 11) is 1.88. The van der Waals surface area contributed by atoms with E-state index in [1.807, 2.05) is 37.6 Å². The molecule has 0 aliphatic carbocycles. The normalized spacial score (nSPS) is 10.8. The first kappa shape index (κ1) is 14.5. The van der Waals surface area contributed by atoms with E-state index >= 15 is 0 Å². The lowest BCUT2D eigenvalue weighted by Gasteiger charge is -2.07. The number of carbonyl (C=O) groups is 1. The Kier molecular flexibility index (Phi) is 4.73. The number of nitrogens with one attached hydrogen (secondary N) is 1. The largest absolute Gasteiger partial charge is 0.353 e. The van der Waals surface area contributed by atoms with E-state index in [1.54, 1.807) is 12.4 Å². The van der Waals surface area contributed by atoms with Crippen LogP contribution in [0.1, 0.15) is 13.8 Å². The van der Waals surface area contributed by atoms with Crippen LogP contribution in [0.3, 0.4) is 0 Å². The molecule has 0 aliphatic rings. The molecular weight excluding hydrogens is 274 g/mol. The molecule has 0 unspecified atom stereocenters. The van der Waals surface area contributed by atoms with E-state index in [2.05, 4.69) is 20.5 Å². The maximum Gasteiger partial charge on any atom is 0.230 e. The summed E-state index contributed by atoms with van der Waals surface area (Å²) < 4.78 is 1.87. The number of aromatic nitrogens is 4. The Bertz CT molecular complexity index is 582. The summed E-state index contributed by atoms with van der Waals surface area (Å²) in [6, 6.07) is 3.93. The van der Waals surface area contributed by atoms with Crippen LogP contribution < -0.4 is 5.32 Å². The Hall–Kier alpha value is -1.89. The van der Waals surface area contributed by atoms with Gasteiger partial charge in [-0.3, -0.25) is 9.78 Å². The highest BCUT2D eigenvalue weighted by molar-refractivity contribution is 7.99. The van der Waals surface area contributed by atoms with Crippen molar-refractivity contribution in [3.05, 3.63) is 24.5 Å². The van der Waals surface area contributed by atoms with Crippen LogP contribution in [-0.2, 0) is 11.8 Å². The molecule has 2 rings (SSSR count). The third-order valence-electron chi connectivity index (χ3n) is 2.54. The van der Waals surface area contributed by atoms with Crippen molar-refractivity contribution in [3.63, 3.8) is 0 Å². The van der Waals surface area contributed by atoms with Gasteiger partial charge in [0.05, 0.1) is 5.75 Å². The Balaban J connectivity index is 2.05. The highest BCUT2D eigenvalue weighted by Crippen LogP contribution is 2.21. The standard InChI is InChI=1S/C13H17N5OS/c1-9(2)15-11(19)8-20-13-17-16-12(18(13)3)10-5-4-6-14-7-10/h4-7,9H,8H2,1-3H3,(H,15,19). The molecule has 106 valence electrons. The number of pyridine rings is 1. The molecule has 0 aliphatic heterocycles. The zero-order chi connectivity index (χ0) is 14.5. The highest BCUT2D eigenvalue weighted by atomic mass is 32.2. The van der Waals surface area contributed by atoms with Gasteiger partial charge in [-0.05, 0) is 26.0 Å². The third-order valence-corrected chi connectivity index (χ3v) is 3.56. The topological polar surface area (TPSA) is 72.7 Å². The Labute approximate surface area is 122 Å². The van der Waals surface area contributed by atoms with E-state index in [-0.39, 0.29) is 11.9 Å². The number of hydrogen-bond acceptors (Lipinski definition) is 5. The SMILES string of the molecule is CC(C)NC(=O)CSc1nnc(-c2cccnc2)n1C. The molecule has 1 amide bonds. The third kappa shape index (κ3) is 3.57. The second-order valence-corrected chi connectivity index (χ2v) is 5.56. The molecule has 20 heavy (non-hydrogen) atoms. The molecule has 2 heterocycles. The predicted octanol–water partition coefficient (Wildman–Crippen LogP) is 1.49. The van der Waals surface area contributed by atoms with E-state index in [0.29, 0.717) is 10.9 Å². The van der Waals surface area contributed by atoms with E-state index in [0.717, 1.165) is 11.4 Å². The van der Waals surface area contributed by atoms with Gasteiger partial charge in [0.1, 0.15) is 0 Å². The summed E-state index contributed by atoms with van der Waals surface area (Å²) in [6.45, 7) is 3.87. The van der Waals surface area contributed by atoms with Crippen molar-refractivity contribution >= 4 is 17.7 Å². The average Bonchev–Trinajstić information content (AvgIpc) is 2.78. The molecule has 6 nitrogen and oxygen atoms in total. The zero-order valence-corrected chi connectivity index (χ0v) is 12.5. The second-order valence-electron chi connectivity index (χ2n) is 4.62. The van der Waals surface area contributed by atoms with Crippen molar-refractivity contribution < 1.29 is 4.79 Å². The van der Waals surface area contributed by atoms with Gasteiger partial charge in [0.2, 0.25) is 5.91 Å². The van der Waals surface area contributed by atoms with Crippen LogP contribution in [0.4, 0.5) is 0 Å². The summed E-state index contributed by atoms with van der Waals surface area (Å²) in [4.78, 5) is 15.7. The second kappa shape index (κ2) is 6.51. The van der Waals surface area contributed by atoms with Crippen molar-refractivity contribution in [1.29, 1.82) is 0 Å². The number of nitrogens with zero attached hydrogens (tertiary/aromatic N) is 4. The molecule has 0 radical (unpaired) electrons. The first-order valence-electron chi connectivity index (χ1n) is 6.30. The van der Waals surface area contributed by atoms with Gasteiger partial charge in [0, 0.05) is 31.0 Å². The molecule has 0 bridgehead atoms. The number of rotatable bonds is 5. The van der Waals surface area contributed by atoms with Gasteiger partial charge < -0.3 is 9.88 Å². The lowest BCUT2D eigenvalue weighted by atomic mass is 10.3. The lowest BCUT2D eigenvalue weighted by molar-refractivity contribution is -0.119. The van der Waals surface area contributed by atoms with Crippen LogP contribution >= 0.6 is 11.8 Å². The van der Waals surface area contributed by atoms with Gasteiger partial charge in [-0.25, -0.2) is 0 Å². The van der Waals surface area contributed by atoms with E-state index in [1.165, 1.54) is 11.8 Å². The van der Waals surface area contributed by atoms with Crippen molar-refractivity contribution in [2.24, 2.45) is 7.05 Å². The van der Waals surface area contributed by atoms with Gasteiger partial charge in [-0.15, -0.1) is 10.2 Å². The number of amides is 1. The van der Waals surface area contributed by atoms with Crippen LogP contribution in [-0.4, -0.2) is 37.5 Å². The molecule has 0 aromatic carbocycles. The summed E-state index contributed by atoms with van der Waals surface area (Å²) >= 11 is 1.37. The fourth-order valence-electron chi connectivity index (χ4n) is 1.68. The predicted molar refractivity (Wildman–Crippen MR) is 78.2 cm³/mol. The van der Waals surface area contributed by atoms with Gasteiger partial charge in [-0.2, -0.15) is 0 Å². The quantitative estimate of drug-likeness (QED) is 0.845. The van der Waals surface area contributed by atoms with Gasteiger partial charge in [-0.1, -0.05) is 11.8 Å². The van der Waals surface area contributed by atoms with Crippen molar-refractivity contribution in [2.45, 2.75) is 25.0 Å². The van der Waals surface area contributed by atoms with Crippen LogP contribution in [0.5, 0.6) is 0 Å². The molecule has 2 aromatic heterocycles. The van der Waals surface area contributed by atoms with Crippen LogP contribution in [0.2, 0.25) is 0 Å². The van der Waals surface area contributed by atoms with E-state index in [9.17, 15) is 4.79 Å². The Morgan fingerprint density at radius 1 is 1.45 bits per heavy atom. The summed E-state index contributed by atoms with van der Waals surface area (Å²) in [5, 5.41) is 11.8. The van der Waals surface area contributed by atoms with Gasteiger partial charge in [0.15, 0.2) is 11.0 Å². The summed E-state index contributed by atoms with van der Waals surface area (Å²) in [5.74, 6) is 1.07. The smallest absolute Gasteiger partial charge is 0.230 e. The molecule has 0 saturated carbocycles. The minimum Gasteiger partial charge on any atom is -0.353 e. The molecule has 2 aromatic rings. The van der Waals surface area contributed by atoms with Crippen molar-refractivity contribution in [2.75, 3.05) is 5.75 Å². The monoisotopic (exact) mass is 291 g/mol. The minimum atomic E-state index is -0.00377. The molecule has 0 saturated heterocycles. The van der Waals surface area contributed by atoms with Crippen molar-refractivity contribution in [1.82, 2.24) is 25.1 Å². The Morgan fingerprint density at radius 3 is 2.90 bits per heavy atom. The fourth-order valence-corrected chi connectivity index (χ4v) is 2.40. The van der Waals surface area contributed by atoms with Crippen LogP contribution in [0.25, 0.3) is 11.4 Å². The highest BCUT2D eigenvalue weighted by Gasteiger charge is 2.13. The number of carbonyl (C=O) groups excluding carboxylic acids is 1. The van der Waals surface area contributed by atoms with Crippen LogP contribution in [0, 0.1) is 0 Å². The van der Waals surface area contributed by atoms with Gasteiger partial charge in [0.25, 0.3) is 0 Å². The molecule has 7 heteroatoms. The van der Waals surface area contributed by atoms with Gasteiger partial charge >= 0.3 is 0 Å². The molecular formula is C13H17N5OS. The molecule has 0 atom stereocenters.